The minimum atomic E-state index is -5.11. The minimum Gasteiger partial charge on any atom is -0.448 e. The molecule has 12 heteroatoms. The fourth-order valence-corrected chi connectivity index (χ4v) is 4.14. The average molecular weight is 558 g/mol. The van der Waals surface area contributed by atoms with Crippen molar-refractivity contribution in [2.24, 2.45) is 0 Å². The smallest absolute Gasteiger partial charge is 0.448 e. The van der Waals surface area contributed by atoms with Gasteiger partial charge in [-0.25, -0.2) is 0 Å². The summed E-state index contributed by atoms with van der Waals surface area (Å²) in [7, 11) is 0. The minimum absolute atomic E-state index is 0.0198. The first-order valence-electron chi connectivity index (χ1n) is 11.3. The molecular weight excluding hydrogens is 543 g/mol. The highest BCUT2D eigenvalue weighted by Gasteiger charge is 2.41. The molecule has 0 spiro atoms. The van der Waals surface area contributed by atoms with Gasteiger partial charge in [-0.3, -0.25) is 24.1 Å². The molecular formula is C27H15ClF3NO7. The molecule has 0 atom stereocenters. The number of ether oxygens (including phenoxy) is 2. The number of rotatable bonds is 6. The van der Waals surface area contributed by atoms with Crippen LogP contribution in [0.4, 0.5) is 13.2 Å². The summed E-state index contributed by atoms with van der Waals surface area (Å²) in [5.74, 6) is -5.17. The highest BCUT2D eigenvalue weighted by atomic mass is 35.5. The SMILES string of the molecule is O=C(CCN1C(=O)c2ccccc2C1=O)Oc1ccc2c(=O)c(Oc3ccccc3Cl)c(C(F)(F)F)oc2c1. The van der Waals surface area contributed by atoms with Crippen molar-refractivity contribution in [1.29, 1.82) is 0 Å². The summed E-state index contributed by atoms with van der Waals surface area (Å²) >= 11 is 5.96. The van der Waals surface area contributed by atoms with Gasteiger partial charge in [-0.15, -0.1) is 0 Å². The standard InChI is InChI=1S/C27H15ClF3NO7/c28-18-7-3-4-8-19(18)38-23-22(34)17-10-9-14(13-20(17)39-24(23)27(29,30)31)37-21(33)11-12-32-25(35)15-5-1-2-6-16(15)26(32)36/h1-10,13H,11-12H2. The molecule has 0 saturated carbocycles. The highest BCUT2D eigenvalue weighted by molar-refractivity contribution is 6.32. The predicted molar refractivity (Wildman–Crippen MR) is 131 cm³/mol. The van der Waals surface area contributed by atoms with E-state index in [1.807, 2.05) is 0 Å². The van der Waals surface area contributed by atoms with E-state index in [4.69, 9.17) is 25.5 Å². The molecule has 0 unspecified atom stereocenters. The number of hydrogen-bond acceptors (Lipinski definition) is 7. The molecule has 4 aromatic rings. The highest BCUT2D eigenvalue weighted by Crippen LogP contribution is 2.39. The van der Waals surface area contributed by atoms with Gasteiger partial charge in [0, 0.05) is 12.6 Å². The third kappa shape index (κ3) is 4.96. The van der Waals surface area contributed by atoms with Gasteiger partial charge >= 0.3 is 12.1 Å². The van der Waals surface area contributed by atoms with Gasteiger partial charge in [0.2, 0.25) is 11.2 Å². The van der Waals surface area contributed by atoms with Crippen molar-refractivity contribution in [3.8, 4) is 17.2 Å². The number of esters is 1. The molecule has 0 N–H and O–H groups in total. The maximum atomic E-state index is 13.8. The quantitative estimate of drug-likeness (QED) is 0.166. The first-order chi connectivity index (χ1) is 18.5. The Balaban J connectivity index is 1.37. The van der Waals surface area contributed by atoms with Crippen LogP contribution in [0.1, 0.15) is 32.9 Å². The number of halogens is 4. The Morgan fingerprint density at radius 3 is 2.21 bits per heavy atom. The number of benzene rings is 3. The van der Waals surface area contributed by atoms with Gasteiger partial charge in [0.1, 0.15) is 17.1 Å². The van der Waals surface area contributed by atoms with E-state index in [1.54, 1.807) is 12.1 Å². The zero-order valence-corrected chi connectivity index (χ0v) is 20.3. The monoisotopic (exact) mass is 557 g/mol. The van der Waals surface area contributed by atoms with Gasteiger partial charge in [0.05, 0.1) is 28.0 Å². The van der Waals surface area contributed by atoms with Crippen LogP contribution in [0, 0.1) is 0 Å². The van der Waals surface area contributed by atoms with Crippen molar-refractivity contribution in [3.63, 3.8) is 0 Å². The van der Waals surface area contributed by atoms with Crippen molar-refractivity contribution in [3.05, 3.63) is 98.9 Å². The lowest BCUT2D eigenvalue weighted by atomic mass is 10.1. The van der Waals surface area contributed by atoms with Gasteiger partial charge in [0.25, 0.3) is 17.6 Å². The molecule has 8 nitrogen and oxygen atoms in total. The fraction of sp³-hybridized carbons (Fsp3) is 0.111. The summed E-state index contributed by atoms with van der Waals surface area (Å²) in [6.07, 6.45) is -5.49. The Morgan fingerprint density at radius 1 is 0.923 bits per heavy atom. The Hall–Kier alpha value is -4.64. The number of alkyl halides is 3. The van der Waals surface area contributed by atoms with Crippen LogP contribution in [-0.4, -0.2) is 29.2 Å². The van der Waals surface area contributed by atoms with E-state index >= 15 is 0 Å². The van der Waals surface area contributed by atoms with Crippen LogP contribution in [0.2, 0.25) is 5.02 Å². The summed E-state index contributed by atoms with van der Waals surface area (Å²) < 4.78 is 56.7. The van der Waals surface area contributed by atoms with E-state index in [1.165, 1.54) is 42.5 Å². The number of fused-ring (bicyclic) bond motifs is 2. The lowest BCUT2D eigenvalue weighted by Gasteiger charge is -2.14. The van der Waals surface area contributed by atoms with Gasteiger partial charge in [-0.2, -0.15) is 13.2 Å². The van der Waals surface area contributed by atoms with E-state index in [-0.39, 0.29) is 46.0 Å². The number of imide groups is 1. The number of nitrogens with zero attached hydrogens (tertiary/aromatic N) is 1. The second kappa shape index (κ2) is 9.91. The van der Waals surface area contributed by atoms with Crippen molar-refractivity contribution >= 4 is 40.4 Å². The molecule has 198 valence electrons. The molecule has 0 radical (unpaired) electrons. The zero-order valence-electron chi connectivity index (χ0n) is 19.6. The molecule has 1 aliphatic rings. The largest absolute Gasteiger partial charge is 0.453 e. The number of hydrogen-bond donors (Lipinski definition) is 0. The predicted octanol–water partition coefficient (Wildman–Crippen LogP) is 5.85. The molecule has 3 aromatic carbocycles. The average Bonchev–Trinajstić information content (AvgIpc) is 3.14. The summed E-state index contributed by atoms with van der Waals surface area (Å²) in [6.45, 7) is -0.269. The van der Waals surface area contributed by atoms with E-state index in [2.05, 4.69) is 0 Å². The molecule has 39 heavy (non-hydrogen) atoms. The Kier molecular flexibility index (Phi) is 6.61. The second-order valence-corrected chi connectivity index (χ2v) is 8.72. The fourth-order valence-electron chi connectivity index (χ4n) is 3.96. The molecule has 0 aliphatic carbocycles. The molecule has 1 aromatic heterocycles. The van der Waals surface area contributed by atoms with Crippen molar-refractivity contribution < 1.29 is 41.4 Å². The molecule has 0 fully saturated rings. The lowest BCUT2D eigenvalue weighted by molar-refractivity contribution is -0.154. The Morgan fingerprint density at radius 2 is 1.56 bits per heavy atom. The maximum Gasteiger partial charge on any atom is 0.453 e. The van der Waals surface area contributed by atoms with Crippen LogP contribution in [0.3, 0.4) is 0 Å². The molecule has 2 amide bonds. The first kappa shape index (κ1) is 26.0. The van der Waals surface area contributed by atoms with E-state index in [0.29, 0.717) is 0 Å². The number of carbonyl (C=O) groups is 3. The lowest BCUT2D eigenvalue weighted by Crippen LogP contribution is -2.32. The topological polar surface area (TPSA) is 103 Å². The van der Waals surface area contributed by atoms with Crippen molar-refractivity contribution in [2.45, 2.75) is 12.6 Å². The summed E-state index contributed by atoms with van der Waals surface area (Å²) in [4.78, 5) is 51.1. The molecule has 0 saturated heterocycles. The zero-order chi connectivity index (χ0) is 27.9. The third-order valence-electron chi connectivity index (χ3n) is 5.78. The van der Waals surface area contributed by atoms with E-state index < -0.39 is 46.5 Å². The van der Waals surface area contributed by atoms with Gasteiger partial charge in [-0.1, -0.05) is 35.9 Å². The van der Waals surface area contributed by atoms with Crippen molar-refractivity contribution in [1.82, 2.24) is 4.90 Å². The summed E-state index contributed by atoms with van der Waals surface area (Å²) in [5.41, 5.74) is -1.19. The van der Waals surface area contributed by atoms with Crippen molar-refractivity contribution in [2.75, 3.05) is 6.54 Å². The molecule has 0 bridgehead atoms. The van der Waals surface area contributed by atoms with E-state index in [0.717, 1.165) is 17.0 Å². The van der Waals surface area contributed by atoms with Crippen LogP contribution in [0.25, 0.3) is 11.0 Å². The summed E-state index contributed by atoms with van der Waals surface area (Å²) in [6, 6.07) is 15.1. The molecule has 2 heterocycles. The second-order valence-electron chi connectivity index (χ2n) is 8.31. The van der Waals surface area contributed by atoms with Crippen LogP contribution in [-0.2, 0) is 11.0 Å². The maximum absolute atomic E-state index is 13.8. The van der Waals surface area contributed by atoms with Crippen LogP contribution >= 0.6 is 11.6 Å². The van der Waals surface area contributed by atoms with Crippen LogP contribution in [0.15, 0.2) is 75.9 Å². The number of amides is 2. The summed E-state index contributed by atoms with van der Waals surface area (Å²) in [5, 5.41) is -0.288. The molecule has 1 aliphatic heterocycles. The van der Waals surface area contributed by atoms with Gasteiger partial charge in [-0.05, 0) is 36.4 Å². The van der Waals surface area contributed by atoms with Gasteiger partial charge < -0.3 is 13.9 Å². The van der Waals surface area contributed by atoms with Crippen LogP contribution in [0.5, 0.6) is 17.2 Å². The van der Waals surface area contributed by atoms with Crippen LogP contribution < -0.4 is 14.9 Å². The first-order valence-corrected chi connectivity index (χ1v) is 11.7. The third-order valence-corrected chi connectivity index (χ3v) is 6.09. The Labute approximate surface area is 222 Å². The van der Waals surface area contributed by atoms with Gasteiger partial charge in [0.15, 0.2) is 0 Å². The van der Waals surface area contributed by atoms with E-state index in [9.17, 15) is 32.3 Å². The normalized spacial score (nSPS) is 13.1. The number of para-hydroxylation sites is 1. The Bertz CT molecular complexity index is 1680. The molecule has 5 rings (SSSR count). The number of carbonyl (C=O) groups excluding carboxylic acids is 3.